The average molecular weight is 531 g/mol. The van der Waals surface area contributed by atoms with Gasteiger partial charge in [-0.3, -0.25) is 14.5 Å². The highest BCUT2D eigenvalue weighted by atomic mass is 28.4. The summed E-state index contributed by atoms with van der Waals surface area (Å²) in [6.07, 6.45) is 0.636. The van der Waals surface area contributed by atoms with Gasteiger partial charge in [0.05, 0.1) is 18.3 Å². The Morgan fingerprint density at radius 3 is 2.29 bits per heavy atom. The van der Waals surface area contributed by atoms with Crippen molar-refractivity contribution in [2.75, 3.05) is 16.4 Å². The van der Waals surface area contributed by atoms with Gasteiger partial charge in [-0.15, -0.1) is 0 Å². The van der Waals surface area contributed by atoms with Crippen molar-refractivity contribution < 1.29 is 24.2 Å². The maximum absolute atomic E-state index is 14.4. The van der Waals surface area contributed by atoms with Crippen molar-refractivity contribution in [3.63, 3.8) is 0 Å². The van der Waals surface area contributed by atoms with E-state index in [0.717, 1.165) is 17.7 Å². The molecular formula is C30H34N2O5Si. The van der Waals surface area contributed by atoms with Crippen molar-refractivity contribution in [1.29, 1.82) is 0 Å². The number of carbonyl (C=O) groups excluding carboxylic acids is 2. The van der Waals surface area contributed by atoms with Crippen molar-refractivity contribution in [1.82, 2.24) is 0 Å². The van der Waals surface area contributed by atoms with E-state index in [1.54, 1.807) is 9.80 Å². The SMILES string of the molecule is C[C@@H]1[C@@H]([Si](C)(C)O)[C@H](CCO)O[C@@]12C(=O)N(Cc1ccccc1)c1ccc(N(C=O)c3ccccc3)cc12. The maximum Gasteiger partial charge on any atom is 0.264 e. The lowest BCUT2D eigenvalue weighted by Crippen LogP contribution is -2.46. The number of carbonyl (C=O) groups is 2. The molecule has 2 aliphatic heterocycles. The summed E-state index contributed by atoms with van der Waals surface area (Å²) < 4.78 is 6.70. The van der Waals surface area contributed by atoms with Gasteiger partial charge in [-0.2, -0.15) is 0 Å². The van der Waals surface area contributed by atoms with E-state index < -0.39 is 20.0 Å². The van der Waals surface area contributed by atoms with Gasteiger partial charge in [-0.25, -0.2) is 0 Å². The van der Waals surface area contributed by atoms with E-state index in [-0.39, 0.29) is 24.0 Å². The number of aliphatic hydroxyl groups excluding tert-OH is 1. The third-order valence-corrected chi connectivity index (χ3v) is 10.5. The van der Waals surface area contributed by atoms with E-state index in [0.29, 0.717) is 29.9 Å². The van der Waals surface area contributed by atoms with Crippen LogP contribution in [-0.4, -0.2) is 43.2 Å². The molecule has 7 nitrogen and oxygen atoms in total. The topological polar surface area (TPSA) is 90.3 Å². The van der Waals surface area contributed by atoms with Gasteiger partial charge < -0.3 is 19.5 Å². The van der Waals surface area contributed by atoms with Gasteiger partial charge in [0.1, 0.15) is 0 Å². The van der Waals surface area contributed by atoms with Crippen molar-refractivity contribution >= 4 is 37.7 Å². The van der Waals surface area contributed by atoms with Crippen LogP contribution < -0.4 is 9.80 Å². The number of anilines is 3. The fourth-order valence-corrected chi connectivity index (χ4v) is 9.00. The highest BCUT2D eigenvalue weighted by Gasteiger charge is 2.66. The van der Waals surface area contributed by atoms with Crippen LogP contribution in [0, 0.1) is 5.92 Å². The van der Waals surface area contributed by atoms with Gasteiger partial charge in [0.2, 0.25) is 6.41 Å². The smallest absolute Gasteiger partial charge is 0.264 e. The lowest BCUT2D eigenvalue weighted by molar-refractivity contribution is -0.146. The predicted octanol–water partition coefficient (Wildman–Crippen LogP) is 4.71. The summed E-state index contributed by atoms with van der Waals surface area (Å²) in [7, 11) is -2.80. The fourth-order valence-electron chi connectivity index (χ4n) is 6.39. The highest BCUT2D eigenvalue weighted by Crippen LogP contribution is 2.60. The van der Waals surface area contributed by atoms with Gasteiger partial charge >= 0.3 is 0 Å². The minimum atomic E-state index is -2.80. The van der Waals surface area contributed by atoms with Crippen LogP contribution in [-0.2, 0) is 26.5 Å². The van der Waals surface area contributed by atoms with Gasteiger partial charge in [-0.1, -0.05) is 55.5 Å². The molecule has 3 aromatic carbocycles. The molecule has 198 valence electrons. The number of hydrogen-bond donors (Lipinski definition) is 2. The Kier molecular flexibility index (Phi) is 7.00. The van der Waals surface area contributed by atoms with Crippen molar-refractivity contribution in [3.8, 4) is 0 Å². The molecule has 38 heavy (non-hydrogen) atoms. The van der Waals surface area contributed by atoms with Gasteiger partial charge in [0, 0.05) is 35.0 Å². The number of rotatable bonds is 8. The standard InChI is InChI=1S/C30H34N2O5Si/c1-21-28(38(2,3)36)27(16-17-33)37-30(21)25-18-24(32(20-34)23-12-8-5-9-13-23)14-15-26(25)31(29(30)35)19-22-10-6-4-7-11-22/h4-15,18,20-21,27-28,33,36H,16-17,19H2,1-3H3/t21-,27+,28-,30+/m1/s1. The highest BCUT2D eigenvalue weighted by molar-refractivity contribution is 6.71. The molecule has 1 fully saturated rings. The first kappa shape index (κ1) is 26.3. The van der Waals surface area contributed by atoms with Gasteiger partial charge in [0.25, 0.3) is 5.91 Å². The zero-order chi connectivity index (χ0) is 27.1. The average Bonchev–Trinajstić information content (AvgIpc) is 3.33. The molecule has 1 saturated heterocycles. The number of aliphatic hydroxyl groups is 1. The van der Waals surface area contributed by atoms with E-state index in [4.69, 9.17) is 4.74 Å². The Morgan fingerprint density at radius 2 is 1.68 bits per heavy atom. The largest absolute Gasteiger partial charge is 0.432 e. The van der Waals surface area contributed by atoms with Crippen LogP contribution >= 0.6 is 0 Å². The molecule has 0 radical (unpaired) electrons. The van der Waals surface area contributed by atoms with Crippen LogP contribution in [0.1, 0.15) is 24.5 Å². The summed E-state index contributed by atoms with van der Waals surface area (Å²) in [5.41, 5.74) is 2.15. The number of nitrogens with zero attached hydrogens (tertiary/aromatic N) is 2. The molecule has 0 unspecified atom stereocenters. The summed E-state index contributed by atoms with van der Waals surface area (Å²) in [6.45, 7) is 5.97. The Bertz CT molecular complexity index is 1310. The zero-order valence-electron chi connectivity index (χ0n) is 21.9. The minimum absolute atomic E-state index is 0.101. The summed E-state index contributed by atoms with van der Waals surface area (Å²) >= 11 is 0. The lowest BCUT2D eigenvalue weighted by Gasteiger charge is -2.32. The van der Waals surface area contributed by atoms with Gasteiger partial charge in [0.15, 0.2) is 13.9 Å². The first-order valence-corrected chi connectivity index (χ1v) is 16.1. The number of ether oxygens (including phenoxy) is 1. The molecule has 0 aliphatic carbocycles. The number of hydrogen-bond acceptors (Lipinski definition) is 5. The summed E-state index contributed by atoms with van der Waals surface area (Å²) in [6, 6.07) is 24.7. The molecule has 0 aromatic heterocycles. The first-order chi connectivity index (χ1) is 18.2. The Labute approximate surface area is 224 Å². The predicted molar refractivity (Wildman–Crippen MR) is 150 cm³/mol. The molecule has 4 atom stereocenters. The molecule has 2 amide bonds. The van der Waals surface area contributed by atoms with E-state index >= 15 is 0 Å². The molecule has 2 N–H and O–H groups in total. The van der Waals surface area contributed by atoms with E-state index in [2.05, 4.69) is 0 Å². The summed E-state index contributed by atoms with van der Waals surface area (Å²) in [5.74, 6) is -0.517. The summed E-state index contributed by atoms with van der Waals surface area (Å²) in [4.78, 5) is 41.3. The first-order valence-electron chi connectivity index (χ1n) is 13.0. The van der Waals surface area contributed by atoms with Crippen LogP contribution in [0.2, 0.25) is 18.6 Å². The van der Waals surface area contributed by atoms with Crippen LogP contribution in [0.4, 0.5) is 17.1 Å². The molecule has 1 spiro atoms. The number of para-hydroxylation sites is 1. The van der Waals surface area contributed by atoms with Crippen molar-refractivity contribution in [3.05, 3.63) is 90.0 Å². The maximum atomic E-state index is 14.4. The molecule has 0 bridgehead atoms. The lowest BCUT2D eigenvalue weighted by atomic mass is 9.82. The minimum Gasteiger partial charge on any atom is -0.432 e. The monoisotopic (exact) mass is 530 g/mol. The number of amides is 2. The Hall–Kier alpha value is -3.30. The molecule has 5 rings (SSSR count). The normalized spacial score (nSPS) is 24.6. The van der Waals surface area contributed by atoms with Crippen molar-refractivity contribution in [2.24, 2.45) is 5.92 Å². The quantitative estimate of drug-likeness (QED) is 0.325. The third kappa shape index (κ3) is 4.27. The van der Waals surface area contributed by atoms with E-state index in [9.17, 15) is 19.5 Å². The van der Waals surface area contributed by atoms with E-state index in [1.807, 2.05) is 98.9 Å². The van der Waals surface area contributed by atoms with Crippen LogP contribution in [0.25, 0.3) is 0 Å². The number of fused-ring (bicyclic) bond motifs is 2. The molecule has 0 saturated carbocycles. The fraction of sp³-hybridized carbons (Fsp3) is 0.333. The molecule has 2 aliphatic rings. The second kappa shape index (κ2) is 10.1. The molecule has 3 aromatic rings. The van der Waals surface area contributed by atoms with E-state index in [1.165, 1.54) is 0 Å². The van der Waals surface area contributed by atoms with Crippen LogP contribution in [0.15, 0.2) is 78.9 Å². The number of benzene rings is 3. The second-order valence-corrected chi connectivity index (χ2v) is 14.7. The molecule has 8 heteroatoms. The van der Waals surface area contributed by atoms with Gasteiger partial charge in [-0.05, 0) is 55.4 Å². The summed E-state index contributed by atoms with van der Waals surface area (Å²) in [5, 5.41) is 9.82. The Morgan fingerprint density at radius 1 is 1.03 bits per heavy atom. The van der Waals surface area contributed by atoms with Crippen LogP contribution in [0.5, 0.6) is 0 Å². The third-order valence-electron chi connectivity index (χ3n) is 7.98. The van der Waals surface area contributed by atoms with Crippen LogP contribution in [0.3, 0.4) is 0 Å². The van der Waals surface area contributed by atoms with Crippen molar-refractivity contribution in [2.45, 2.75) is 50.2 Å². The second-order valence-electron chi connectivity index (χ2n) is 10.8. The molecule has 2 heterocycles. The molecular weight excluding hydrogens is 496 g/mol. The zero-order valence-corrected chi connectivity index (χ0v) is 22.9. The Balaban J connectivity index is 1.67.